The van der Waals surface area contributed by atoms with Crippen molar-refractivity contribution in [2.45, 2.75) is 13.3 Å². The van der Waals surface area contributed by atoms with Crippen LogP contribution in [-0.2, 0) is 4.79 Å². The van der Waals surface area contributed by atoms with E-state index in [4.69, 9.17) is 34.8 Å². The first-order valence-electron chi connectivity index (χ1n) is 3.00. The second-order valence-electron chi connectivity index (χ2n) is 1.78. The fourth-order valence-electron chi connectivity index (χ4n) is 0.533. The Morgan fingerprint density at radius 3 is 2.18 bits per heavy atom. The van der Waals surface area contributed by atoms with E-state index in [1.54, 1.807) is 6.08 Å². The van der Waals surface area contributed by atoms with E-state index in [0.29, 0.717) is 12.0 Å². The highest BCUT2D eigenvalue weighted by molar-refractivity contribution is 6.68. The molecule has 0 saturated carbocycles. The summed E-state index contributed by atoms with van der Waals surface area (Å²) in [5, 5.41) is -0.550. The highest BCUT2D eigenvalue weighted by Gasteiger charge is 2.01. The van der Waals surface area contributed by atoms with E-state index in [1.807, 2.05) is 6.92 Å². The van der Waals surface area contributed by atoms with Crippen LogP contribution < -0.4 is 0 Å². The third-order valence-corrected chi connectivity index (χ3v) is 1.35. The molecule has 0 amide bonds. The number of rotatable bonds is 3. The van der Waals surface area contributed by atoms with E-state index in [-0.39, 0.29) is 4.49 Å². The number of halogens is 3. The van der Waals surface area contributed by atoms with Gasteiger partial charge in [-0.15, -0.1) is 0 Å². The molecule has 62 valence electrons. The van der Waals surface area contributed by atoms with E-state index in [2.05, 4.69) is 0 Å². The molecule has 0 saturated heterocycles. The van der Waals surface area contributed by atoms with Gasteiger partial charge in [-0.25, -0.2) is 0 Å². The van der Waals surface area contributed by atoms with Gasteiger partial charge in [-0.3, -0.25) is 4.79 Å². The average molecular weight is 213 g/mol. The van der Waals surface area contributed by atoms with Crippen LogP contribution in [-0.4, -0.2) is 5.24 Å². The molecule has 0 radical (unpaired) electrons. The highest BCUT2D eigenvalue weighted by Crippen LogP contribution is 2.13. The first kappa shape index (κ1) is 11.0. The predicted octanol–water partition coefficient (Wildman–Crippen LogP) is 3.41. The molecule has 11 heavy (non-hydrogen) atoms. The normalized spacial score (nSPS) is 11.1. The third-order valence-electron chi connectivity index (χ3n) is 0.916. The Morgan fingerprint density at radius 1 is 1.36 bits per heavy atom. The molecule has 0 N–H and O–H groups in total. The van der Waals surface area contributed by atoms with E-state index >= 15 is 0 Å². The Kier molecular flexibility index (Phi) is 5.65. The maximum atomic E-state index is 10.6. The zero-order valence-electron chi connectivity index (χ0n) is 5.90. The fourth-order valence-corrected chi connectivity index (χ4v) is 0.900. The quantitative estimate of drug-likeness (QED) is 0.399. The first-order chi connectivity index (χ1) is 5.07. The van der Waals surface area contributed by atoms with Crippen LogP contribution in [0.5, 0.6) is 0 Å². The Hall–Kier alpha value is 0.0200. The summed E-state index contributed by atoms with van der Waals surface area (Å²) in [7, 11) is 0. The van der Waals surface area contributed by atoms with Crippen LogP contribution in [0.25, 0.3) is 0 Å². The molecule has 0 unspecified atom stereocenters. The molecule has 0 spiro atoms. The van der Waals surface area contributed by atoms with Gasteiger partial charge in [0.1, 0.15) is 4.49 Å². The minimum atomic E-state index is -0.550. The van der Waals surface area contributed by atoms with Crippen molar-refractivity contribution in [3.63, 3.8) is 0 Å². The topological polar surface area (TPSA) is 17.1 Å². The predicted molar refractivity (Wildman–Crippen MR) is 49.0 cm³/mol. The average Bonchev–Trinajstić information content (AvgIpc) is 1.86. The van der Waals surface area contributed by atoms with Crippen molar-refractivity contribution >= 4 is 40.0 Å². The number of hydrogen-bond donors (Lipinski definition) is 0. The van der Waals surface area contributed by atoms with Gasteiger partial charge in [-0.2, -0.15) is 0 Å². The van der Waals surface area contributed by atoms with Crippen LogP contribution in [0.2, 0.25) is 0 Å². The van der Waals surface area contributed by atoms with Gasteiger partial charge in [0.25, 0.3) is 5.24 Å². The summed E-state index contributed by atoms with van der Waals surface area (Å²) < 4.78 is 0.0266. The molecule has 0 aliphatic rings. The molecule has 0 fully saturated rings. The minimum absolute atomic E-state index is 0.0266. The van der Waals surface area contributed by atoms with E-state index < -0.39 is 5.24 Å². The molecule has 0 aromatic carbocycles. The third kappa shape index (κ3) is 5.31. The summed E-state index contributed by atoms with van der Waals surface area (Å²) in [6.45, 7) is 1.88. The molecule has 1 nitrogen and oxygen atoms in total. The monoisotopic (exact) mass is 212 g/mol. The van der Waals surface area contributed by atoms with Crippen molar-refractivity contribution in [1.82, 2.24) is 0 Å². The Labute approximate surface area is 80.6 Å². The molecular formula is C7H7Cl3O. The Bertz CT molecular complexity index is 202. The summed E-state index contributed by atoms with van der Waals surface area (Å²) in [5.41, 5.74) is 0.328. The molecule has 0 aromatic heterocycles. The van der Waals surface area contributed by atoms with E-state index in [1.165, 1.54) is 6.08 Å². The lowest BCUT2D eigenvalue weighted by molar-refractivity contribution is -0.108. The lowest BCUT2D eigenvalue weighted by atomic mass is 10.2. The number of allylic oxidation sites excluding steroid dienone is 3. The van der Waals surface area contributed by atoms with Gasteiger partial charge in [-0.05, 0) is 24.1 Å². The summed E-state index contributed by atoms with van der Waals surface area (Å²) in [6, 6.07) is 0. The molecular weight excluding hydrogens is 206 g/mol. The van der Waals surface area contributed by atoms with Gasteiger partial charge in [0, 0.05) is 5.57 Å². The molecule has 4 heteroatoms. The fraction of sp³-hybridized carbons (Fsp3) is 0.286. The number of carbonyl (C=O) groups excluding carboxylic acids is 1. The second-order valence-corrected chi connectivity index (χ2v) is 3.13. The van der Waals surface area contributed by atoms with Gasteiger partial charge in [0.05, 0.1) is 0 Å². The SMILES string of the molecule is CC/C=C(\C=C(Cl)Cl)C(=O)Cl. The van der Waals surface area contributed by atoms with Crippen LogP contribution >= 0.6 is 34.8 Å². The second kappa shape index (κ2) is 5.64. The zero-order valence-corrected chi connectivity index (χ0v) is 8.17. The maximum absolute atomic E-state index is 10.6. The largest absolute Gasteiger partial charge is 0.276 e. The Morgan fingerprint density at radius 2 is 1.91 bits per heavy atom. The van der Waals surface area contributed by atoms with Crippen LogP contribution in [0.1, 0.15) is 13.3 Å². The maximum Gasteiger partial charge on any atom is 0.252 e. The van der Waals surface area contributed by atoms with E-state index in [9.17, 15) is 4.79 Å². The molecule has 0 aliphatic heterocycles. The Balaban J connectivity index is 4.50. The van der Waals surface area contributed by atoms with Crippen LogP contribution in [0.4, 0.5) is 0 Å². The van der Waals surface area contributed by atoms with Crippen molar-refractivity contribution in [2.75, 3.05) is 0 Å². The van der Waals surface area contributed by atoms with E-state index in [0.717, 1.165) is 0 Å². The van der Waals surface area contributed by atoms with Crippen LogP contribution in [0, 0.1) is 0 Å². The standard InChI is InChI=1S/C7H7Cl3O/c1-2-3-5(7(10)11)4-6(8)9/h3-4H,2H2,1H3/b5-3+. The summed E-state index contributed by atoms with van der Waals surface area (Å²) >= 11 is 15.9. The van der Waals surface area contributed by atoms with Gasteiger partial charge < -0.3 is 0 Å². The first-order valence-corrected chi connectivity index (χ1v) is 4.14. The molecule has 0 heterocycles. The van der Waals surface area contributed by atoms with Crippen molar-refractivity contribution in [3.05, 3.63) is 22.2 Å². The molecule has 0 aliphatic carbocycles. The lowest BCUT2D eigenvalue weighted by Crippen LogP contribution is -1.88. The van der Waals surface area contributed by atoms with Crippen LogP contribution in [0.15, 0.2) is 22.2 Å². The summed E-state index contributed by atoms with van der Waals surface area (Å²) in [5.74, 6) is 0. The molecule has 0 atom stereocenters. The number of carbonyl (C=O) groups is 1. The highest BCUT2D eigenvalue weighted by atomic mass is 35.5. The summed E-state index contributed by atoms with van der Waals surface area (Å²) in [6.07, 6.45) is 3.69. The van der Waals surface area contributed by atoms with Gasteiger partial charge in [0.2, 0.25) is 0 Å². The zero-order chi connectivity index (χ0) is 8.85. The van der Waals surface area contributed by atoms with Gasteiger partial charge >= 0.3 is 0 Å². The van der Waals surface area contributed by atoms with Gasteiger partial charge in [-0.1, -0.05) is 36.2 Å². The molecule has 0 aromatic rings. The number of hydrogen-bond acceptors (Lipinski definition) is 1. The minimum Gasteiger partial charge on any atom is -0.276 e. The smallest absolute Gasteiger partial charge is 0.252 e. The van der Waals surface area contributed by atoms with Crippen molar-refractivity contribution in [2.24, 2.45) is 0 Å². The molecule has 0 rings (SSSR count). The van der Waals surface area contributed by atoms with Gasteiger partial charge in [0.15, 0.2) is 0 Å². The summed E-state index contributed by atoms with van der Waals surface area (Å²) in [4.78, 5) is 10.6. The van der Waals surface area contributed by atoms with Crippen molar-refractivity contribution < 1.29 is 4.79 Å². The lowest BCUT2D eigenvalue weighted by Gasteiger charge is -1.91. The molecule has 0 bridgehead atoms. The van der Waals surface area contributed by atoms with Crippen molar-refractivity contribution in [1.29, 1.82) is 0 Å². The van der Waals surface area contributed by atoms with Crippen molar-refractivity contribution in [3.8, 4) is 0 Å². The van der Waals surface area contributed by atoms with Crippen LogP contribution in [0.3, 0.4) is 0 Å².